The Labute approximate surface area is 153 Å². The minimum atomic E-state index is -0.0717. The van der Waals surface area contributed by atoms with Crippen LogP contribution in [0.4, 0.5) is 5.69 Å². The molecule has 1 amide bonds. The first-order chi connectivity index (χ1) is 12.7. The van der Waals surface area contributed by atoms with Crippen molar-refractivity contribution in [2.24, 2.45) is 0 Å². The molecule has 0 fully saturated rings. The Morgan fingerprint density at radius 2 is 1.46 bits per heavy atom. The molecule has 0 saturated carbocycles. The predicted molar refractivity (Wildman–Crippen MR) is 104 cm³/mol. The van der Waals surface area contributed by atoms with Crippen molar-refractivity contribution in [3.05, 3.63) is 78.4 Å². The highest BCUT2D eigenvalue weighted by Crippen LogP contribution is 2.32. The van der Waals surface area contributed by atoms with Gasteiger partial charge in [0.25, 0.3) is 0 Å². The second-order valence-corrected chi connectivity index (χ2v) is 5.81. The van der Waals surface area contributed by atoms with Crippen LogP contribution in [0.1, 0.15) is 5.56 Å². The minimum absolute atomic E-state index is 0.0717. The first-order valence-electron chi connectivity index (χ1n) is 8.36. The highest BCUT2D eigenvalue weighted by molar-refractivity contribution is 5.93. The van der Waals surface area contributed by atoms with Gasteiger partial charge in [0, 0.05) is 11.3 Å². The molecule has 0 aliphatic carbocycles. The smallest absolute Gasteiger partial charge is 0.228 e. The summed E-state index contributed by atoms with van der Waals surface area (Å²) in [5, 5.41) is 2.92. The Kier molecular flexibility index (Phi) is 5.54. The molecule has 0 unspecified atom stereocenters. The van der Waals surface area contributed by atoms with Crippen molar-refractivity contribution in [1.82, 2.24) is 0 Å². The van der Waals surface area contributed by atoms with E-state index in [1.165, 1.54) is 0 Å². The SMILES string of the molecule is COc1ccc(NC(=O)Cc2ccccc2-c2ccccc2OC)cc1. The number of nitrogens with one attached hydrogen (secondary N) is 1. The number of para-hydroxylation sites is 1. The van der Waals surface area contributed by atoms with Crippen molar-refractivity contribution < 1.29 is 14.3 Å². The molecule has 0 spiro atoms. The van der Waals surface area contributed by atoms with Crippen molar-refractivity contribution in [3.8, 4) is 22.6 Å². The number of benzene rings is 3. The molecule has 0 bridgehead atoms. The molecule has 0 saturated heterocycles. The van der Waals surface area contributed by atoms with E-state index in [4.69, 9.17) is 9.47 Å². The third kappa shape index (κ3) is 4.03. The fraction of sp³-hybridized carbons (Fsp3) is 0.136. The average molecular weight is 347 g/mol. The van der Waals surface area contributed by atoms with Crippen LogP contribution in [0.5, 0.6) is 11.5 Å². The van der Waals surface area contributed by atoms with E-state index in [2.05, 4.69) is 5.32 Å². The van der Waals surface area contributed by atoms with Crippen LogP contribution in [0, 0.1) is 0 Å². The molecule has 3 rings (SSSR count). The standard InChI is InChI=1S/C22H21NO3/c1-25-18-13-11-17(12-14-18)23-22(24)15-16-7-3-4-8-19(16)20-9-5-6-10-21(20)26-2/h3-14H,15H2,1-2H3,(H,23,24). The Bertz CT molecular complexity index is 888. The summed E-state index contributed by atoms with van der Waals surface area (Å²) in [5.74, 6) is 1.47. The molecule has 0 aromatic heterocycles. The third-order valence-corrected chi connectivity index (χ3v) is 4.14. The Morgan fingerprint density at radius 1 is 0.808 bits per heavy atom. The summed E-state index contributed by atoms with van der Waals surface area (Å²) in [6.45, 7) is 0. The summed E-state index contributed by atoms with van der Waals surface area (Å²) in [5.41, 5.74) is 3.66. The first-order valence-corrected chi connectivity index (χ1v) is 8.36. The molecule has 4 heteroatoms. The van der Waals surface area contributed by atoms with Crippen LogP contribution >= 0.6 is 0 Å². The van der Waals surface area contributed by atoms with E-state index in [1.54, 1.807) is 14.2 Å². The Hall–Kier alpha value is -3.27. The molecule has 0 heterocycles. The van der Waals surface area contributed by atoms with E-state index < -0.39 is 0 Å². The van der Waals surface area contributed by atoms with Crippen LogP contribution in [-0.2, 0) is 11.2 Å². The van der Waals surface area contributed by atoms with Crippen LogP contribution < -0.4 is 14.8 Å². The second-order valence-electron chi connectivity index (χ2n) is 5.81. The number of ether oxygens (including phenoxy) is 2. The van der Waals surface area contributed by atoms with Gasteiger partial charge >= 0.3 is 0 Å². The molecule has 3 aromatic rings. The van der Waals surface area contributed by atoms with Crippen LogP contribution in [0.3, 0.4) is 0 Å². The van der Waals surface area contributed by atoms with Gasteiger partial charge in [-0.05, 0) is 41.5 Å². The highest BCUT2D eigenvalue weighted by Gasteiger charge is 2.12. The maximum absolute atomic E-state index is 12.5. The number of anilines is 1. The summed E-state index contributed by atoms with van der Waals surface area (Å²) < 4.78 is 10.6. The number of hydrogen-bond donors (Lipinski definition) is 1. The lowest BCUT2D eigenvalue weighted by Gasteiger charge is -2.13. The van der Waals surface area contributed by atoms with Gasteiger partial charge in [-0.1, -0.05) is 42.5 Å². The van der Waals surface area contributed by atoms with Gasteiger partial charge < -0.3 is 14.8 Å². The number of carbonyl (C=O) groups excluding carboxylic acids is 1. The fourth-order valence-corrected chi connectivity index (χ4v) is 2.86. The third-order valence-electron chi connectivity index (χ3n) is 4.14. The van der Waals surface area contributed by atoms with Crippen molar-refractivity contribution >= 4 is 11.6 Å². The predicted octanol–water partition coefficient (Wildman–Crippen LogP) is 4.55. The molecule has 0 atom stereocenters. The molecule has 0 aliphatic heterocycles. The zero-order valence-corrected chi connectivity index (χ0v) is 14.9. The van der Waals surface area contributed by atoms with Gasteiger partial charge in [0.05, 0.1) is 20.6 Å². The lowest BCUT2D eigenvalue weighted by atomic mass is 9.96. The Morgan fingerprint density at radius 3 is 2.15 bits per heavy atom. The molecule has 1 N–H and O–H groups in total. The van der Waals surface area contributed by atoms with Gasteiger partial charge in [-0.3, -0.25) is 4.79 Å². The largest absolute Gasteiger partial charge is 0.497 e. The zero-order valence-electron chi connectivity index (χ0n) is 14.9. The van der Waals surface area contributed by atoms with Crippen molar-refractivity contribution in [2.45, 2.75) is 6.42 Å². The quantitative estimate of drug-likeness (QED) is 0.711. The zero-order chi connectivity index (χ0) is 18.4. The molecular weight excluding hydrogens is 326 g/mol. The van der Waals surface area contributed by atoms with E-state index in [-0.39, 0.29) is 12.3 Å². The van der Waals surface area contributed by atoms with Crippen LogP contribution in [0.2, 0.25) is 0 Å². The van der Waals surface area contributed by atoms with E-state index in [9.17, 15) is 4.79 Å². The number of rotatable bonds is 6. The molecular formula is C22H21NO3. The molecule has 132 valence electrons. The van der Waals surface area contributed by atoms with Crippen LogP contribution in [-0.4, -0.2) is 20.1 Å². The molecule has 0 radical (unpaired) electrons. The normalized spacial score (nSPS) is 10.2. The van der Waals surface area contributed by atoms with E-state index in [0.29, 0.717) is 0 Å². The van der Waals surface area contributed by atoms with Gasteiger partial charge in [0.1, 0.15) is 11.5 Å². The molecule has 26 heavy (non-hydrogen) atoms. The summed E-state index contributed by atoms with van der Waals surface area (Å²) in [7, 11) is 3.26. The van der Waals surface area contributed by atoms with Crippen molar-refractivity contribution in [2.75, 3.05) is 19.5 Å². The first kappa shape index (κ1) is 17.5. The highest BCUT2D eigenvalue weighted by atomic mass is 16.5. The Balaban J connectivity index is 1.80. The summed E-state index contributed by atoms with van der Waals surface area (Å²) in [4.78, 5) is 12.5. The second kappa shape index (κ2) is 8.21. The van der Waals surface area contributed by atoms with Gasteiger partial charge in [-0.2, -0.15) is 0 Å². The van der Waals surface area contributed by atoms with Crippen LogP contribution in [0.15, 0.2) is 72.8 Å². The van der Waals surface area contributed by atoms with E-state index >= 15 is 0 Å². The number of methoxy groups -OCH3 is 2. The van der Waals surface area contributed by atoms with Gasteiger partial charge in [0.2, 0.25) is 5.91 Å². The van der Waals surface area contributed by atoms with Gasteiger partial charge in [0.15, 0.2) is 0 Å². The summed E-state index contributed by atoms with van der Waals surface area (Å²) >= 11 is 0. The van der Waals surface area contributed by atoms with Gasteiger partial charge in [-0.15, -0.1) is 0 Å². The van der Waals surface area contributed by atoms with Crippen molar-refractivity contribution in [3.63, 3.8) is 0 Å². The van der Waals surface area contributed by atoms with E-state index in [0.717, 1.165) is 33.9 Å². The monoisotopic (exact) mass is 347 g/mol. The maximum Gasteiger partial charge on any atom is 0.228 e. The molecule has 3 aromatic carbocycles. The van der Waals surface area contributed by atoms with Crippen LogP contribution in [0.25, 0.3) is 11.1 Å². The fourth-order valence-electron chi connectivity index (χ4n) is 2.86. The lowest BCUT2D eigenvalue weighted by molar-refractivity contribution is -0.115. The average Bonchev–Trinajstić information content (AvgIpc) is 2.69. The number of carbonyl (C=O) groups is 1. The van der Waals surface area contributed by atoms with E-state index in [1.807, 2.05) is 72.8 Å². The lowest BCUT2D eigenvalue weighted by Crippen LogP contribution is -2.14. The summed E-state index contributed by atoms with van der Waals surface area (Å²) in [6.07, 6.45) is 0.278. The molecule has 0 aliphatic rings. The topological polar surface area (TPSA) is 47.6 Å². The van der Waals surface area contributed by atoms with Gasteiger partial charge in [-0.25, -0.2) is 0 Å². The summed E-state index contributed by atoms with van der Waals surface area (Å²) in [6, 6.07) is 23.0. The van der Waals surface area contributed by atoms with Crippen molar-refractivity contribution in [1.29, 1.82) is 0 Å². The number of amides is 1. The maximum atomic E-state index is 12.5. The minimum Gasteiger partial charge on any atom is -0.497 e. The number of hydrogen-bond acceptors (Lipinski definition) is 3. The molecule has 4 nitrogen and oxygen atoms in total.